The van der Waals surface area contributed by atoms with Crippen LogP contribution >= 0.6 is 0 Å². The van der Waals surface area contributed by atoms with E-state index in [-0.39, 0.29) is 11.6 Å². The number of esters is 1. The molecule has 0 aromatic heterocycles. The second-order valence-electron chi connectivity index (χ2n) is 6.51. The maximum absolute atomic E-state index is 11.8. The maximum atomic E-state index is 11.8. The van der Waals surface area contributed by atoms with Crippen LogP contribution < -0.4 is 0 Å². The van der Waals surface area contributed by atoms with Crippen LogP contribution in [0.5, 0.6) is 0 Å². The first-order chi connectivity index (χ1) is 7.90. The Kier molecular flexibility index (Phi) is 3.33. The van der Waals surface area contributed by atoms with E-state index >= 15 is 0 Å². The molecule has 2 bridgehead atoms. The molecule has 2 atom stereocenters. The highest BCUT2D eigenvalue weighted by atomic mass is 16.6. The normalized spacial score (nSPS) is 40.8. The lowest BCUT2D eigenvalue weighted by Crippen LogP contribution is -2.47. The van der Waals surface area contributed by atoms with Gasteiger partial charge in [0, 0.05) is 5.57 Å². The number of carbonyl (C=O) groups excluding carboxylic acids is 1. The van der Waals surface area contributed by atoms with E-state index in [0.717, 1.165) is 25.2 Å². The predicted molar refractivity (Wildman–Crippen MR) is 68.5 cm³/mol. The molecule has 2 nitrogen and oxygen atoms in total. The Hall–Kier alpha value is -0.790. The van der Waals surface area contributed by atoms with Crippen molar-refractivity contribution in [1.82, 2.24) is 0 Å². The zero-order valence-electron chi connectivity index (χ0n) is 11.3. The molecule has 2 unspecified atom stereocenters. The summed E-state index contributed by atoms with van der Waals surface area (Å²) >= 11 is 0. The minimum atomic E-state index is -0.202. The average molecular weight is 236 g/mol. The number of ether oxygens (including phenoxy) is 1. The van der Waals surface area contributed by atoms with Crippen molar-refractivity contribution < 1.29 is 9.53 Å². The summed E-state index contributed by atoms with van der Waals surface area (Å²) in [6, 6.07) is 0. The van der Waals surface area contributed by atoms with Crippen LogP contribution in [0.2, 0.25) is 0 Å². The van der Waals surface area contributed by atoms with Gasteiger partial charge in [0.2, 0.25) is 0 Å². The Bertz CT molecular complexity index is 312. The first-order valence-corrected chi connectivity index (χ1v) is 6.79. The van der Waals surface area contributed by atoms with Crippen molar-refractivity contribution in [1.29, 1.82) is 0 Å². The molecular weight excluding hydrogens is 212 g/mol. The molecule has 0 radical (unpaired) electrons. The van der Waals surface area contributed by atoms with Gasteiger partial charge in [0.25, 0.3) is 0 Å². The van der Waals surface area contributed by atoms with E-state index in [1.807, 2.05) is 0 Å². The van der Waals surface area contributed by atoms with Crippen LogP contribution in [-0.4, -0.2) is 11.6 Å². The molecule has 0 aromatic carbocycles. The van der Waals surface area contributed by atoms with Crippen LogP contribution in [0.3, 0.4) is 0 Å². The fraction of sp³-hybridized carbons (Fsp3) is 0.800. The van der Waals surface area contributed by atoms with Crippen LogP contribution in [0, 0.1) is 17.8 Å². The second kappa shape index (κ2) is 4.47. The molecule has 2 saturated carbocycles. The van der Waals surface area contributed by atoms with Gasteiger partial charge in [-0.05, 0) is 56.8 Å². The lowest BCUT2D eigenvalue weighted by Gasteiger charge is -2.49. The molecule has 96 valence electrons. The summed E-state index contributed by atoms with van der Waals surface area (Å²) < 4.78 is 5.81. The molecule has 0 aromatic rings. The van der Waals surface area contributed by atoms with Gasteiger partial charge in [0.15, 0.2) is 0 Å². The van der Waals surface area contributed by atoms with Crippen LogP contribution in [0.1, 0.15) is 52.9 Å². The molecule has 2 aliphatic carbocycles. The fourth-order valence-electron chi connectivity index (χ4n) is 4.02. The van der Waals surface area contributed by atoms with Gasteiger partial charge in [-0.2, -0.15) is 0 Å². The summed E-state index contributed by atoms with van der Waals surface area (Å²) in [6.07, 6.45) is 5.74. The van der Waals surface area contributed by atoms with Crippen LogP contribution in [0.15, 0.2) is 12.2 Å². The Morgan fingerprint density at radius 2 is 1.71 bits per heavy atom. The van der Waals surface area contributed by atoms with Crippen molar-refractivity contribution in [3.8, 4) is 0 Å². The van der Waals surface area contributed by atoms with Gasteiger partial charge in [0.05, 0.1) is 0 Å². The smallest absolute Gasteiger partial charge is 0.333 e. The molecule has 17 heavy (non-hydrogen) atoms. The summed E-state index contributed by atoms with van der Waals surface area (Å²) in [7, 11) is 0. The summed E-state index contributed by atoms with van der Waals surface area (Å²) in [6.45, 7) is 9.98. The molecule has 2 aliphatic rings. The molecule has 2 heteroatoms. The third-order valence-electron chi connectivity index (χ3n) is 4.23. The number of carbonyl (C=O) groups is 1. The van der Waals surface area contributed by atoms with Gasteiger partial charge >= 0.3 is 5.97 Å². The average Bonchev–Trinajstić information content (AvgIpc) is 2.13. The highest BCUT2D eigenvalue weighted by Crippen LogP contribution is 2.49. The van der Waals surface area contributed by atoms with Crippen LogP contribution in [0.25, 0.3) is 0 Å². The van der Waals surface area contributed by atoms with Gasteiger partial charge in [-0.3, -0.25) is 0 Å². The fourth-order valence-corrected chi connectivity index (χ4v) is 4.02. The molecule has 0 spiro atoms. The van der Waals surface area contributed by atoms with Crippen molar-refractivity contribution in [3.63, 3.8) is 0 Å². The molecule has 0 aliphatic heterocycles. The third-order valence-corrected chi connectivity index (χ3v) is 4.23. The Labute approximate surface area is 104 Å². The lowest BCUT2D eigenvalue weighted by atomic mass is 9.63. The van der Waals surface area contributed by atoms with E-state index < -0.39 is 0 Å². The SMILES string of the molecule is C=C(C)C(=O)OC12CC(C)CC(CC(C)C1)C2. The summed E-state index contributed by atoms with van der Waals surface area (Å²) in [5.74, 6) is 1.91. The molecule has 0 heterocycles. The van der Waals surface area contributed by atoms with Gasteiger partial charge in [0.1, 0.15) is 5.60 Å². The summed E-state index contributed by atoms with van der Waals surface area (Å²) in [5.41, 5.74) is 0.336. The molecule has 0 amide bonds. The Morgan fingerprint density at radius 3 is 2.18 bits per heavy atom. The van der Waals surface area contributed by atoms with Gasteiger partial charge in [-0.15, -0.1) is 0 Å². The number of hydrogen-bond acceptors (Lipinski definition) is 2. The monoisotopic (exact) mass is 236 g/mol. The lowest BCUT2D eigenvalue weighted by molar-refractivity contribution is -0.170. The van der Waals surface area contributed by atoms with E-state index in [0.29, 0.717) is 17.4 Å². The highest BCUT2D eigenvalue weighted by Gasteiger charge is 2.46. The second-order valence-corrected chi connectivity index (χ2v) is 6.51. The third kappa shape index (κ3) is 2.72. The predicted octanol–water partition coefficient (Wildman–Crippen LogP) is 3.71. The maximum Gasteiger partial charge on any atom is 0.333 e. The largest absolute Gasteiger partial charge is 0.456 e. The van der Waals surface area contributed by atoms with Gasteiger partial charge in [-0.1, -0.05) is 20.4 Å². The van der Waals surface area contributed by atoms with Crippen LogP contribution in [0.4, 0.5) is 0 Å². The van der Waals surface area contributed by atoms with Crippen molar-refractivity contribution in [2.24, 2.45) is 17.8 Å². The zero-order chi connectivity index (χ0) is 12.6. The molecule has 2 fully saturated rings. The minimum absolute atomic E-state index is 0.184. The molecule has 0 saturated heterocycles. The standard InChI is InChI=1S/C15H24O2/c1-10(2)14(16)17-15-7-11(3)5-13(9-15)6-12(4)8-15/h11-13H,1,5-9H2,2-4H3. The number of hydrogen-bond donors (Lipinski definition) is 0. The quantitative estimate of drug-likeness (QED) is 0.539. The zero-order valence-corrected chi connectivity index (χ0v) is 11.3. The highest BCUT2D eigenvalue weighted by molar-refractivity contribution is 5.87. The van der Waals surface area contributed by atoms with Crippen molar-refractivity contribution in [2.75, 3.05) is 0 Å². The first-order valence-electron chi connectivity index (χ1n) is 6.79. The molecular formula is C15H24O2. The van der Waals surface area contributed by atoms with E-state index in [2.05, 4.69) is 20.4 Å². The first kappa shape index (κ1) is 12.7. The van der Waals surface area contributed by atoms with E-state index in [1.165, 1.54) is 12.8 Å². The van der Waals surface area contributed by atoms with E-state index in [9.17, 15) is 4.79 Å². The molecule has 0 N–H and O–H groups in total. The Morgan fingerprint density at radius 1 is 1.18 bits per heavy atom. The van der Waals surface area contributed by atoms with E-state index in [1.54, 1.807) is 6.92 Å². The van der Waals surface area contributed by atoms with Gasteiger partial charge < -0.3 is 4.74 Å². The van der Waals surface area contributed by atoms with Gasteiger partial charge in [-0.25, -0.2) is 4.79 Å². The molecule has 2 rings (SSSR count). The number of fused-ring (bicyclic) bond motifs is 2. The summed E-state index contributed by atoms with van der Waals surface area (Å²) in [5, 5.41) is 0. The topological polar surface area (TPSA) is 26.3 Å². The number of rotatable bonds is 2. The Balaban J connectivity index is 2.14. The van der Waals surface area contributed by atoms with Crippen molar-refractivity contribution >= 4 is 5.97 Å². The van der Waals surface area contributed by atoms with Crippen LogP contribution in [-0.2, 0) is 9.53 Å². The van der Waals surface area contributed by atoms with E-state index in [4.69, 9.17) is 4.74 Å². The minimum Gasteiger partial charge on any atom is -0.456 e. The summed E-state index contributed by atoms with van der Waals surface area (Å²) in [4.78, 5) is 11.8. The van der Waals surface area contributed by atoms with Crippen molar-refractivity contribution in [3.05, 3.63) is 12.2 Å². The van der Waals surface area contributed by atoms with Crippen molar-refractivity contribution in [2.45, 2.75) is 58.5 Å².